The number of benzene rings is 1. The minimum absolute atomic E-state index is 0.0205. The molecule has 1 aliphatic heterocycles. The third-order valence-corrected chi connectivity index (χ3v) is 7.62. The SMILES string of the molecule is COc1ncc(-c2ccc3ncc(C#N)c(N4CC(CO)SC(C)(C)C4)c3c2)cc1NS(C)(=O)=O. The Labute approximate surface area is 209 Å². The van der Waals surface area contributed by atoms with Crippen molar-refractivity contribution >= 4 is 44.1 Å². The van der Waals surface area contributed by atoms with Crippen LogP contribution in [0.1, 0.15) is 19.4 Å². The molecule has 0 radical (unpaired) electrons. The number of fused-ring (bicyclic) bond motifs is 1. The first kappa shape index (κ1) is 25.0. The van der Waals surface area contributed by atoms with Crippen LogP contribution in [0, 0.1) is 11.3 Å². The lowest BCUT2D eigenvalue weighted by atomic mass is 10.0. The number of rotatable bonds is 6. The number of hydrogen-bond acceptors (Lipinski definition) is 9. The van der Waals surface area contributed by atoms with Crippen LogP contribution in [0.5, 0.6) is 5.88 Å². The Morgan fingerprint density at radius 1 is 1.29 bits per heavy atom. The van der Waals surface area contributed by atoms with E-state index in [0.29, 0.717) is 24.2 Å². The van der Waals surface area contributed by atoms with Gasteiger partial charge in [-0.05, 0) is 37.6 Å². The molecule has 2 N–H and O–H groups in total. The van der Waals surface area contributed by atoms with Crippen molar-refractivity contribution in [2.45, 2.75) is 23.8 Å². The van der Waals surface area contributed by atoms with E-state index in [4.69, 9.17) is 4.74 Å². The maximum Gasteiger partial charge on any atom is 0.238 e. The molecule has 1 saturated heterocycles. The largest absolute Gasteiger partial charge is 0.480 e. The Bertz CT molecular complexity index is 1420. The second kappa shape index (κ2) is 9.53. The van der Waals surface area contributed by atoms with Crippen molar-refractivity contribution in [3.63, 3.8) is 0 Å². The highest BCUT2D eigenvalue weighted by Crippen LogP contribution is 2.40. The monoisotopic (exact) mass is 513 g/mol. The van der Waals surface area contributed by atoms with Crippen LogP contribution in [0.3, 0.4) is 0 Å². The molecule has 35 heavy (non-hydrogen) atoms. The van der Waals surface area contributed by atoms with Gasteiger partial charge in [-0.2, -0.15) is 5.26 Å². The summed E-state index contributed by atoms with van der Waals surface area (Å²) < 4.78 is 31.2. The molecule has 0 aliphatic carbocycles. The van der Waals surface area contributed by atoms with Gasteiger partial charge in [0, 0.05) is 46.4 Å². The van der Waals surface area contributed by atoms with Gasteiger partial charge in [0.05, 0.1) is 36.7 Å². The summed E-state index contributed by atoms with van der Waals surface area (Å²) >= 11 is 1.75. The van der Waals surface area contributed by atoms with Crippen molar-refractivity contribution in [1.82, 2.24) is 9.97 Å². The number of nitrogens with one attached hydrogen (secondary N) is 1. The van der Waals surface area contributed by atoms with Crippen LogP contribution >= 0.6 is 11.8 Å². The summed E-state index contributed by atoms with van der Waals surface area (Å²) in [6.45, 7) is 5.63. The molecule has 0 saturated carbocycles. The van der Waals surface area contributed by atoms with Gasteiger partial charge in [-0.1, -0.05) is 6.07 Å². The number of methoxy groups -OCH3 is 1. The Kier molecular flexibility index (Phi) is 6.81. The molecule has 1 atom stereocenters. The molecular formula is C24H27N5O4S2. The van der Waals surface area contributed by atoms with Gasteiger partial charge in [0.25, 0.3) is 0 Å². The number of pyridine rings is 2. The Morgan fingerprint density at radius 3 is 2.71 bits per heavy atom. The minimum atomic E-state index is -3.54. The van der Waals surface area contributed by atoms with E-state index in [2.05, 4.69) is 39.5 Å². The van der Waals surface area contributed by atoms with Crippen LogP contribution in [-0.2, 0) is 10.0 Å². The smallest absolute Gasteiger partial charge is 0.238 e. The standard InChI is InChI=1S/C24H27N5O4S2/c1-24(2)14-29(12-18(13-30)34-24)22-17(9-25)11-26-20-6-5-15(7-19(20)22)16-8-21(28-35(4,31)32)23(33-3)27-10-16/h5-8,10-11,18,28,30H,12-14H2,1-4H3. The summed E-state index contributed by atoms with van der Waals surface area (Å²) in [4.78, 5) is 10.9. The number of nitrogens with zero attached hydrogens (tertiary/aromatic N) is 4. The molecule has 1 unspecified atom stereocenters. The number of hydrogen-bond donors (Lipinski definition) is 2. The number of anilines is 2. The molecule has 11 heteroatoms. The number of thioether (sulfide) groups is 1. The fraction of sp³-hybridized carbons (Fsp3) is 0.375. The van der Waals surface area contributed by atoms with Crippen LogP contribution in [-0.4, -0.2) is 66.6 Å². The average molecular weight is 514 g/mol. The number of ether oxygens (including phenoxy) is 1. The second-order valence-corrected chi connectivity index (χ2v) is 12.8. The van der Waals surface area contributed by atoms with E-state index in [-0.39, 0.29) is 28.2 Å². The summed E-state index contributed by atoms with van der Waals surface area (Å²) in [6.07, 6.45) is 4.26. The lowest BCUT2D eigenvalue weighted by Gasteiger charge is -2.43. The van der Waals surface area contributed by atoms with Crippen molar-refractivity contribution in [1.29, 1.82) is 5.26 Å². The molecule has 3 aromatic rings. The highest BCUT2D eigenvalue weighted by Gasteiger charge is 2.34. The van der Waals surface area contributed by atoms with Gasteiger partial charge in [0.15, 0.2) is 0 Å². The number of sulfonamides is 1. The Balaban J connectivity index is 1.87. The highest BCUT2D eigenvalue weighted by atomic mass is 32.2. The Hall–Kier alpha value is -3.07. The van der Waals surface area contributed by atoms with Gasteiger partial charge in [0.1, 0.15) is 11.8 Å². The summed E-state index contributed by atoms with van der Waals surface area (Å²) in [5.41, 5.74) is 3.66. The number of aromatic nitrogens is 2. The van der Waals surface area contributed by atoms with Crippen LogP contribution in [0.25, 0.3) is 22.0 Å². The summed E-state index contributed by atoms with van der Waals surface area (Å²) in [5, 5.41) is 20.6. The first-order valence-corrected chi connectivity index (χ1v) is 13.7. The zero-order valence-corrected chi connectivity index (χ0v) is 21.6. The lowest BCUT2D eigenvalue weighted by molar-refractivity contribution is 0.291. The van der Waals surface area contributed by atoms with Crippen LogP contribution < -0.4 is 14.4 Å². The highest BCUT2D eigenvalue weighted by molar-refractivity contribution is 8.01. The molecule has 1 aliphatic rings. The molecule has 2 aromatic heterocycles. The van der Waals surface area contributed by atoms with Gasteiger partial charge >= 0.3 is 0 Å². The zero-order chi connectivity index (χ0) is 25.4. The molecule has 0 bridgehead atoms. The summed E-state index contributed by atoms with van der Waals surface area (Å²) in [6, 6.07) is 9.63. The van der Waals surface area contributed by atoms with E-state index < -0.39 is 10.0 Å². The number of aliphatic hydroxyl groups is 1. The van der Waals surface area contributed by atoms with Gasteiger partial charge in [0.2, 0.25) is 15.9 Å². The third-order valence-electron chi connectivity index (χ3n) is 5.63. The predicted octanol–water partition coefficient (Wildman–Crippen LogP) is 3.24. The van der Waals surface area contributed by atoms with Crippen molar-refractivity contribution < 1.29 is 18.3 Å². The van der Waals surface area contributed by atoms with Crippen molar-refractivity contribution in [3.8, 4) is 23.1 Å². The minimum Gasteiger partial charge on any atom is -0.480 e. The van der Waals surface area contributed by atoms with Gasteiger partial charge in [-0.15, -0.1) is 11.8 Å². The fourth-order valence-corrected chi connectivity index (χ4v) is 6.39. The molecule has 1 aromatic carbocycles. The lowest BCUT2D eigenvalue weighted by Crippen LogP contribution is -2.48. The van der Waals surface area contributed by atoms with E-state index in [1.165, 1.54) is 7.11 Å². The first-order chi connectivity index (χ1) is 16.5. The topological polar surface area (TPSA) is 128 Å². The molecule has 3 heterocycles. The molecule has 1 fully saturated rings. The summed E-state index contributed by atoms with van der Waals surface area (Å²) in [7, 11) is -2.12. The van der Waals surface area contributed by atoms with Crippen molar-refractivity contribution in [2.24, 2.45) is 0 Å². The van der Waals surface area contributed by atoms with E-state index in [9.17, 15) is 18.8 Å². The molecule has 0 spiro atoms. The molecule has 4 rings (SSSR count). The fourth-order valence-electron chi connectivity index (χ4n) is 4.39. The van der Waals surface area contributed by atoms with Crippen LogP contribution in [0.15, 0.2) is 36.7 Å². The van der Waals surface area contributed by atoms with E-state index >= 15 is 0 Å². The molecule has 184 valence electrons. The zero-order valence-electron chi connectivity index (χ0n) is 19.9. The molecule has 0 amide bonds. The van der Waals surface area contributed by atoms with Crippen LogP contribution in [0.4, 0.5) is 11.4 Å². The average Bonchev–Trinajstić information content (AvgIpc) is 2.80. The van der Waals surface area contributed by atoms with Gasteiger partial charge < -0.3 is 14.7 Å². The third kappa shape index (κ3) is 5.45. The normalized spacial score (nSPS) is 17.7. The van der Waals surface area contributed by atoms with Gasteiger partial charge in [-0.25, -0.2) is 13.4 Å². The van der Waals surface area contributed by atoms with Crippen LogP contribution in [0.2, 0.25) is 0 Å². The number of aliphatic hydroxyl groups excluding tert-OH is 1. The Morgan fingerprint density at radius 2 is 2.06 bits per heavy atom. The predicted molar refractivity (Wildman–Crippen MR) is 139 cm³/mol. The van der Waals surface area contributed by atoms with E-state index in [1.807, 2.05) is 18.2 Å². The maximum atomic E-state index is 11.8. The maximum absolute atomic E-state index is 11.8. The molecular weight excluding hydrogens is 486 g/mol. The van der Waals surface area contributed by atoms with E-state index in [1.54, 1.807) is 30.2 Å². The summed E-state index contributed by atoms with van der Waals surface area (Å²) in [5.74, 6) is 0.164. The quantitative estimate of drug-likeness (QED) is 0.510. The van der Waals surface area contributed by atoms with Gasteiger partial charge in [-0.3, -0.25) is 9.71 Å². The number of nitriles is 1. The van der Waals surface area contributed by atoms with Crippen molar-refractivity contribution in [3.05, 3.63) is 42.2 Å². The van der Waals surface area contributed by atoms with Crippen molar-refractivity contribution in [2.75, 3.05) is 42.7 Å². The molecule has 9 nitrogen and oxygen atoms in total. The van der Waals surface area contributed by atoms with E-state index in [0.717, 1.165) is 28.4 Å². The second-order valence-electron chi connectivity index (χ2n) is 9.08. The first-order valence-electron chi connectivity index (χ1n) is 10.9.